The highest BCUT2D eigenvalue weighted by Gasteiger charge is 2.56. The maximum absolute atomic E-state index is 13.5. The van der Waals surface area contributed by atoms with Crippen LogP contribution in [0.25, 0.3) is 5.82 Å². The van der Waals surface area contributed by atoms with Gasteiger partial charge in [-0.3, -0.25) is 9.69 Å². The third-order valence-corrected chi connectivity index (χ3v) is 7.92. The van der Waals surface area contributed by atoms with Crippen molar-refractivity contribution in [2.24, 2.45) is 5.41 Å². The Hall–Kier alpha value is -3.25. The summed E-state index contributed by atoms with van der Waals surface area (Å²) in [6.07, 6.45) is 5.02. The minimum atomic E-state index is -0.780. The quantitative estimate of drug-likeness (QED) is 0.606. The highest BCUT2D eigenvalue weighted by molar-refractivity contribution is 5.94. The zero-order chi connectivity index (χ0) is 23.4. The summed E-state index contributed by atoms with van der Waals surface area (Å²) in [6, 6.07) is 3.94. The van der Waals surface area contributed by atoms with Crippen LogP contribution in [0, 0.1) is 5.41 Å². The monoisotopic (exact) mass is 466 g/mol. The summed E-state index contributed by atoms with van der Waals surface area (Å²) in [5, 5.41) is 30.1. The van der Waals surface area contributed by atoms with E-state index in [0.717, 1.165) is 37.8 Å². The molecule has 3 atom stereocenters. The van der Waals surface area contributed by atoms with Crippen molar-refractivity contribution in [3.8, 4) is 5.82 Å². The summed E-state index contributed by atoms with van der Waals surface area (Å²) in [4.78, 5) is 29.5. The highest BCUT2D eigenvalue weighted by atomic mass is 16.5. The number of aromatic nitrogens is 6. The average Bonchev–Trinajstić information content (AvgIpc) is 3.60. The summed E-state index contributed by atoms with van der Waals surface area (Å²) in [5.41, 5.74) is 1.37. The number of ether oxygens (including phenoxy) is 1. The largest absolute Gasteiger partial charge is 0.456 e. The van der Waals surface area contributed by atoms with Crippen LogP contribution < -0.4 is 0 Å². The number of fused-ring (bicyclic) bond motifs is 2. The second-order valence-corrected chi connectivity index (χ2v) is 9.71. The molecule has 1 N–H and O–H groups in total. The van der Waals surface area contributed by atoms with Gasteiger partial charge in [-0.05, 0) is 61.6 Å². The topological polar surface area (TPSA) is 139 Å². The van der Waals surface area contributed by atoms with E-state index >= 15 is 0 Å². The Balaban J connectivity index is 1.14. The highest BCUT2D eigenvalue weighted by Crippen LogP contribution is 2.52. The minimum Gasteiger partial charge on any atom is -0.456 e. The maximum Gasteiger partial charge on any atom is 0.336 e. The van der Waals surface area contributed by atoms with Gasteiger partial charge in [-0.15, -0.1) is 10.2 Å². The number of amides is 1. The smallest absolute Gasteiger partial charge is 0.336 e. The number of carbonyl (C=O) groups is 2. The number of esters is 1. The molecule has 4 aliphatic rings. The summed E-state index contributed by atoms with van der Waals surface area (Å²) in [5.74, 6) is 0.271. The van der Waals surface area contributed by atoms with Crippen LogP contribution in [0.15, 0.2) is 29.7 Å². The third-order valence-electron chi connectivity index (χ3n) is 7.92. The minimum absolute atomic E-state index is 0.126. The Kier molecular flexibility index (Phi) is 4.96. The molecule has 178 valence electrons. The third kappa shape index (κ3) is 3.31. The van der Waals surface area contributed by atoms with Gasteiger partial charge in [-0.25, -0.2) is 4.79 Å². The van der Waals surface area contributed by atoms with Gasteiger partial charge >= 0.3 is 5.97 Å². The SMILES string of the molecule is CC1=C(N2CCC3(CC4CCC(C3)N4CC(O)c3ccc(-n4cnnn4)nn3)C2=O)COC1=O. The first-order chi connectivity index (χ1) is 16.4. The second-order valence-electron chi connectivity index (χ2n) is 9.71. The van der Waals surface area contributed by atoms with Crippen LogP contribution >= 0.6 is 0 Å². The van der Waals surface area contributed by atoms with Gasteiger partial charge in [-0.2, -0.15) is 9.78 Å². The molecule has 4 aliphatic heterocycles. The standard InChI is InChI=1S/C22H26N8O4/c1-13-17(11-34-20(13)32)28-7-6-22(21(28)33)8-14-2-3-15(9-22)29(14)10-18(31)16-4-5-19(25-24-16)30-12-23-26-27-30/h4-5,12,14-15,18,31H,2-3,6-11H2,1H3. The molecule has 0 radical (unpaired) electrons. The van der Waals surface area contributed by atoms with Gasteiger partial charge in [0.05, 0.1) is 22.4 Å². The van der Waals surface area contributed by atoms with Crippen molar-refractivity contribution in [2.45, 2.75) is 57.2 Å². The van der Waals surface area contributed by atoms with E-state index in [9.17, 15) is 14.7 Å². The van der Waals surface area contributed by atoms with E-state index < -0.39 is 6.10 Å². The molecular formula is C22H26N8O4. The lowest BCUT2D eigenvalue weighted by molar-refractivity contribution is -0.140. The van der Waals surface area contributed by atoms with E-state index in [2.05, 4.69) is 30.6 Å². The lowest BCUT2D eigenvalue weighted by atomic mass is 9.73. The van der Waals surface area contributed by atoms with Gasteiger partial charge in [0.2, 0.25) is 5.91 Å². The molecule has 0 aromatic carbocycles. The Morgan fingerprint density at radius 2 is 2.00 bits per heavy atom. The number of carbonyl (C=O) groups excluding carboxylic acids is 2. The van der Waals surface area contributed by atoms with Crippen molar-refractivity contribution < 1.29 is 19.4 Å². The molecule has 6 rings (SSSR count). The molecule has 0 saturated carbocycles. The molecule has 2 aromatic heterocycles. The number of hydrogen-bond acceptors (Lipinski definition) is 10. The van der Waals surface area contributed by atoms with E-state index in [1.807, 2.05) is 0 Å². The van der Waals surface area contributed by atoms with Crippen molar-refractivity contribution >= 4 is 11.9 Å². The Bertz CT molecular complexity index is 1130. The van der Waals surface area contributed by atoms with E-state index in [1.54, 1.807) is 24.0 Å². The summed E-state index contributed by atoms with van der Waals surface area (Å²) < 4.78 is 6.54. The number of piperidine rings is 1. The van der Waals surface area contributed by atoms with Crippen LogP contribution in [-0.2, 0) is 14.3 Å². The number of likely N-dealkylation sites (tertiary alicyclic amines) is 1. The Labute approximate surface area is 195 Å². The number of aliphatic hydroxyl groups excluding tert-OH is 1. The summed E-state index contributed by atoms with van der Waals surface area (Å²) in [6.45, 7) is 3.00. The second kappa shape index (κ2) is 7.91. The first kappa shape index (κ1) is 21.3. The van der Waals surface area contributed by atoms with Crippen molar-refractivity contribution in [3.05, 3.63) is 35.4 Å². The molecule has 2 bridgehead atoms. The number of aliphatic hydroxyl groups is 1. The number of tetrazole rings is 1. The molecule has 1 spiro atoms. The fourth-order valence-electron chi connectivity index (χ4n) is 6.14. The first-order valence-electron chi connectivity index (χ1n) is 11.6. The summed E-state index contributed by atoms with van der Waals surface area (Å²) >= 11 is 0. The molecule has 12 heteroatoms. The number of rotatable bonds is 5. The normalized spacial score (nSPS) is 30.0. The van der Waals surface area contributed by atoms with Gasteiger partial charge in [0, 0.05) is 25.2 Å². The molecule has 1 amide bonds. The van der Waals surface area contributed by atoms with Gasteiger partial charge < -0.3 is 14.7 Å². The zero-order valence-electron chi connectivity index (χ0n) is 18.9. The molecule has 2 aromatic rings. The van der Waals surface area contributed by atoms with E-state index in [1.165, 1.54) is 11.0 Å². The van der Waals surface area contributed by atoms with Crippen LogP contribution in [-0.4, -0.2) is 89.0 Å². The predicted molar refractivity (Wildman–Crippen MR) is 115 cm³/mol. The zero-order valence-corrected chi connectivity index (χ0v) is 18.9. The molecule has 3 unspecified atom stereocenters. The lowest BCUT2D eigenvalue weighted by Gasteiger charge is -2.44. The average molecular weight is 467 g/mol. The first-order valence-corrected chi connectivity index (χ1v) is 11.6. The van der Waals surface area contributed by atoms with Crippen LogP contribution in [0.4, 0.5) is 0 Å². The van der Waals surface area contributed by atoms with Gasteiger partial charge in [-0.1, -0.05) is 0 Å². The number of nitrogens with zero attached hydrogens (tertiary/aromatic N) is 8. The number of hydrogen-bond donors (Lipinski definition) is 1. The van der Waals surface area contributed by atoms with E-state index in [4.69, 9.17) is 4.74 Å². The molecule has 3 saturated heterocycles. The molecular weight excluding hydrogens is 440 g/mol. The molecule has 3 fully saturated rings. The summed E-state index contributed by atoms with van der Waals surface area (Å²) in [7, 11) is 0. The Morgan fingerprint density at radius 3 is 2.62 bits per heavy atom. The fourth-order valence-corrected chi connectivity index (χ4v) is 6.14. The van der Waals surface area contributed by atoms with Gasteiger partial charge in [0.1, 0.15) is 19.0 Å². The van der Waals surface area contributed by atoms with Crippen LogP contribution in [0.2, 0.25) is 0 Å². The van der Waals surface area contributed by atoms with Crippen LogP contribution in [0.3, 0.4) is 0 Å². The molecule has 0 aliphatic carbocycles. The molecule has 12 nitrogen and oxygen atoms in total. The molecule has 34 heavy (non-hydrogen) atoms. The van der Waals surface area contributed by atoms with Crippen molar-refractivity contribution in [1.29, 1.82) is 0 Å². The molecule has 6 heterocycles. The fraction of sp³-hybridized carbons (Fsp3) is 0.591. The Morgan fingerprint density at radius 1 is 1.21 bits per heavy atom. The number of cyclic esters (lactones) is 1. The predicted octanol–water partition coefficient (Wildman–Crippen LogP) is 0.162. The van der Waals surface area contributed by atoms with Crippen molar-refractivity contribution in [1.82, 2.24) is 40.2 Å². The maximum atomic E-state index is 13.5. The lowest BCUT2D eigenvalue weighted by Crippen LogP contribution is -2.51. The van der Waals surface area contributed by atoms with Crippen molar-refractivity contribution in [2.75, 3.05) is 19.7 Å². The van der Waals surface area contributed by atoms with E-state index in [0.29, 0.717) is 30.2 Å². The van der Waals surface area contributed by atoms with E-state index in [-0.39, 0.29) is 36.0 Å². The van der Waals surface area contributed by atoms with Crippen molar-refractivity contribution in [3.63, 3.8) is 0 Å². The van der Waals surface area contributed by atoms with Gasteiger partial charge in [0.15, 0.2) is 5.82 Å². The van der Waals surface area contributed by atoms with Crippen LogP contribution in [0.1, 0.15) is 50.8 Å². The van der Waals surface area contributed by atoms with Gasteiger partial charge in [0.25, 0.3) is 0 Å². The van der Waals surface area contributed by atoms with Crippen LogP contribution in [0.5, 0.6) is 0 Å².